The van der Waals surface area contributed by atoms with Crippen molar-refractivity contribution in [2.24, 2.45) is 5.92 Å². The molecule has 0 spiro atoms. The number of hydrogen-bond acceptors (Lipinski definition) is 4. The number of aryl methyl sites for hydroxylation is 1. The maximum Gasteiger partial charge on any atom is 0.337 e. The van der Waals surface area contributed by atoms with Crippen molar-refractivity contribution in [3.8, 4) is 22.8 Å². The topological polar surface area (TPSA) is 68.7 Å². The summed E-state index contributed by atoms with van der Waals surface area (Å²) in [6.07, 6.45) is 7.99. The molecule has 0 bridgehead atoms. The first-order valence-electron chi connectivity index (χ1n) is 11.7. The van der Waals surface area contributed by atoms with Crippen LogP contribution in [0.2, 0.25) is 0 Å². The Morgan fingerprint density at radius 2 is 1.82 bits per heavy atom. The molecular weight excluding hydrogens is 414 g/mol. The minimum atomic E-state index is -0.928. The van der Waals surface area contributed by atoms with Gasteiger partial charge in [-0.1, -0.05) is 62.4 Å². The third kappa shape index (κ3) is 5.92. The molecule has 0 unspecified atom stereocenters. The van der Waals surface area contributed by atoms with E-state index in [1.54, 1.807) is 19.2 Å². The molecule has 0 atom stereocenters. The van der Waals surface area contributed by atoms with Crippen molar-refractivity contribution < 1.29 is 19.4 Å². The molecule has 0 radical (unpaired) electrons. The number of hydrogen-bond donors (Lipinski definition) is 1. The summed E-state index contributed by atoms with van der Waals surface area (Å²) in [7, 11) is 1.62. The highest BCUT2D eigenvalue weighted by Crippen LogP contribution is 2.34. The predicted molar refractivity (Wildman–Crippen MR) is 129 cm³/mol. The van der Waals surface area contributed by atoms with Crippen molar-refractivity contribution >= 4 is 5.97 Å². The van der Waals surface area contributed by atoms with Gasteiger partial charge in [-0.05, 0) is 48.6 Å². The second-order valence-electron chi connectivity index (χ2n) is 8.67. The van der Waals surface area contributed by atoms with E-state index in [4.69, 9.17) is 14.5 Å². The van der Waals surface area contributed by atoms with E-state index in [1.165, 1.54) is 32.1 Å². The Morgan fingerprint density at radius 3 is 2.55 bits per heavy atom. The fourth-order valence-corrected chi connectivity index (χ4v) is 4.55. The average molecular weight is 446 g/mol. The van der Waals surface area contributed by atoms with Gasteiger partial charge in [0.05, 0.1) is 24.1 Å². The first-order valence-corrected chi connectivity index (χ1v) is 11.7. The monoisotopic (exact) mass is 445 g/mol. The number of methoxy groups -OCH3 is 1. The molecule has 1 heterocycles. The van der Waals surface area contributed by atoms with E-state index in [1.807, 2.05) is 48.5 Å². The lowest BCUT2D eigenvalue weighted by Crippen LogP contribution is -2.11. The normalized spacial score (nSPS) is 14.1. The van der Waals surface area contributed by atoms with Crippen LogP contribution in [0.3, 0.4) is 0 Å². The summed E-state index contributed by atoms with van der Waals surface area (Å²) in [6, 6.07) is 19.1. The fourth-order valence-electron chi connectivity index (χ4n) is 4.55. The number of carboxylic acid groups (broad SMARTS) is 1. The highest BCUT2D eigenvalue weighted by atomic mass is 16.5. The number of benzene rings is 2. The van der Waals surface area contributed by atoms with Crippen molar-refractivity contribution in [2.45, 2.75) is 51.6 Å². The van der Waals surface area contributed by atoms with E-state index in [-0.39, 0.29) is 5.56 Å². The van der Waals surface area contributed by atoms with Crippen LogP contribution in [0.5, 0.6) is 11.5 Å². The molecule has 4 rings (SSSR count). The summed E-state index contributed by atoms with van der Waals surface area (Å²) in [4.78, 5) is 16.7. The van der Waals surface area contributed by atoms with Crippen LogP contribution in [0.1, 0.15) is 60.1 Å². The molecule has 1 aliphatic carbocycles. The van der Waals surface area contributed by atoms with Crippen LogP contribution >= 0.6 is 0 Å². The van der Waals surface area contributed by atoms with Crippen molar-refractivity contribution in [3.63, 3.8) is 0 Å². The Balaban J connectivity index is 1.61. The van der Waals surface area contributed by atoms with Crippen LogP contribution in [-0.2, 0) is 13.0 Å². The van der Waals surface area contributed by atoms with Crippen LogP contribution < -0.4 is 9.47 Å². The molecule has 2 aromatic carbocycles. The number of nitrogens with zero attached hydrogens (tertiary/aromatic N) is 1. The third-order valence-electron chi connectivity index (χ3n) is 6.42. The van der Waals surface area contributed by atoms with Crippen molar-refractivity contribution in [2.75, 3.05) is 7.11 Å². The molecule has 1 fully saturated rings. The summed E-state index contributed by atoms with van der Waals surface area (Å²) < 4.78 is 11.6. The number of carboxylic acids is 1. The maximum absolute atomic E-state index is 11.8. The molecule has 33 heavy (non-hydrogen) atoms. The van der Waals surface area contributed by atoms with Gasteiger partial charge in [0.15, 0.2) is 0 Å². The number of pyridine rings is 1. The fraction of sp³-hybridized carbons (Fsp3) is 0.357. The Labute approximate surface area is 195 Å². The highest BCUT2D eigenvalue weighted by Gasteiger charge is 2.19. The van der Waals surface area contributed by atoms with Gasteiger partial charge in [0.2, 0.25) is 0 Å². The minimum absolute atomic E-state index is 0.287. The molecule has 1 saturated carbocycles. The largest absolute Gasteiger partial charge is 0.497 e. The molecule has 0 amide bonds. The molecular formula is C28H31NO4. The standard InChI is InChI=1S/C28H31NO4/c1-32-22-13-14-23(27(18-22)33-19-21-10-6-3-7-11-21)25-17-15-24(28(30)31)26(29-25)16-12-20-8-4-2-5-9-20/h3,6-7,10-11,13-15,17-18,20H,2,4-5,8-9,12,16,19H2,1H3,(H,30,31). The Kier molecular flexibility index (Phi) is 7.61. The van der Waals surface area contributed by atoms with Gasteiger partial charge in [-0.15, -0.1) is 0 Å². The Bertz CT molecular complexity index is 1070. The third-order valence-corrected chi connectivity index (χ3v) is 6.42. The van der Waals surface area contributed by atoms with Gasteiger partial charge in [-0.2, -0.15) is 0 Å². The first kappa shape index (κ1) is 22.8. The predicted octanol–water partition coefficient (Wildman–Crippen LogP) is 6.55. The smallest absolute Gasteiger partial charge is 0.337 e. The average Bonchev–Trinajstić information content (AvgIpc) is 2.87. The van der Waals surface area contributed by atoms with Gasteiger partial charge in [0.25, 0.3) is 0 Å². The molecule has 3 aromatic rings. The summed E-state index contributed by atoms with van der Waals surface area (Å²) in [6.45, 7) is 0.419. The molecule has 1 N–H and O–H groups in total. The Morgan fingerprint density at radius 1 is 1.03 bits per heavy atom. The molecule has 5 heteroatoms. The quantitative estimate of drug-likeness (QED) is 0.405. The molecule has 172 valence electrons. The minimum Gasteiger partial charge on any atom is -0.497 e. The lowest BCUT2D eigenvalue weighted by atomic mass is 9.85. The molecule has 1 aliphatic rings. The van der Waals surface area contributed by atoms with E-state index in [2.05, 4.69) is 0 Å². The second kappa shape index (κ2) is 11.0. The van der Waals surface area contributed by atoms with E-state index in [0.717, 1.165) is 17.5 Å². The number of ether oxygens (including phenoxy) is 2. The zero-order valence-electron chi connectivity index (χ0n) is 19.1. The second-order valence-corrected chi connectivity index (χ2v) is 8.67. The van der Waals surface area contributed by atoms with Crippen LogP contribution in [0.25, 0.3) is 11.3 Å². The van der Waals surface area contributed by atoms with Crippen molar-refractivity contribution in [1.29, 1.82) is 0 Å². The lowest BCUT2D eigenvalue weighted by molar-refractivity contribution is 0.0695. The van der Waals surface area contributed by atoms with Gasteiger partial charge in [-0.25, -0.2) is 4.79 Å². The summed E-state index contributed by atoms with van der Waals surface area (Å²) >= 11 is 0. The van der Waals surface area contributed by atoms with Crippen LogP contribution in [0, 0.1) is 5.92 Å². The van der Waals surface area contributed by atoms with Crippen molar-refractivity contribution in [1.82, 2.24) is 4.98 Å². The van der Waals surface area contributed by atoms with E-state index < -0.39 is 5.97 Å². The number of aromatic carboxylic acids is 1. The van der Waals surface area contributed by atoms with Gasteiger partial charge in [-0.3, -0.25) is 4.98 Å². The Hall–Kier alpha value is -3.34. The van der Waals surface area contributed by atoms with E-state index in [9.17, 15) is 9.90 Å². The summed E-state index contributed by atoms with van der Waals surface area (Å²) in [5, 5.41) is 9.72. The number of aromatic nitrogens is 1. The summed E-state index contributed by atoms with van der Waals surface area (Å²) in [5.74, 6) is 1.09. The SMILES string of the molecule is COc1ccc(-c2ccc(C(=O)O)c(CCC3CCCCC3)n2)c(OCc2ccccc2)c1. The van der Waals surface area contributed by atoms with Gasteiger partial charge < -0.3 is 14.6 Å². The molecule has 5 nitrogen and oxygen atoms in total. The van der Waals surface area contributed by atoms with Gasteiger partial charge in [0, 0.05) is 11.6 Å². The van der Waals surface area contributed by atoms with E-state index >= 15 is 0 Å². The molecule has 1 aromatic heterocycles. The van der Waals surface area contributed by atoms with Crippen LogP contribution in [0.4, 0.5) is 0 Å². The summed E-state index contributed by atoms with van der Waals surface area (Å²) in [5.41, 5.74) is 3.53. The van der Waals surface area contributed by atoms with Crippen LogP contribution in [0.15, 0.2) is 60.7 Å². The van der Waals surface area contributed by atoms with Gasteiger partial charge in [0.1, 0.15) is 18.1 Å². The zero-order valence-corrected chi connectivity index (χ0v) is 19.1. The maximum atomic E-state index is 11.8. The van der Waals surface area contributed by atoms with Crippen LogP contribution in [-0.4, -0.2) is 23.2 Å². The van der Waals surface area contributed by atoms with Gasteiger partial charge >= 0.3 is 5.97 Å². The number of rotatable bonds is 9. The number of carbonyl (C=O) groups is 1. The highest BCUT2D eigenvalue weighted by molar-refractivity contribution is 5.89. The van der Waals surface area contributed by atoms with Crippen molar-refractivity contribution in [3.05, 3.63) is 77.5 Å². The molecule has 0 aliphatic heterocycles. The van der Waals surface area contributed by atoms with E-state index in [0.29, 0.717) is 41.8 Å². The lowest BCUT2D eigenvalue weighted by Gasteiger charge is -2.21. The first-order chi connectivity index (χ1) is 16.1. The molecule has 0 saturated heterocycles. The zero-order chi connectivity index (χ0) is 23.0.